The molecule has 2 rings (SSSR count). The molecule has 1 aliphatic rings. The zero-order valence-electron chi connectivity index (χ0n) is 13.1. The van der Waals surface area contributed by atoms with Gasteiger partial charge in [-0.15, -0.1) is 6.58 Å². The average Bonchev–Trinajstić information content (AvgIpc) is 2.54. The summed E-state index contributed by atoms with van der Waals surface area (Å²) in [5.74, 6) is 0. The molecule has 110 valence electrons. The SMILES string of the molecule is C=CC(C)N1CC(CC)(CC)NCC1c1ccccc1. The lowest BCUT2D eigenvalue weighted by Crippen LogP contribution is -2.62. The van der Waals surface area contributed by atoms with Crippen molar-refractivity contribution in [1.29, 1.82) is 0 Å². The lowest BCUT2D eigenvalue weighted by molar-refractivity contribution is 0.0560. The lowest BCUT2D eigenvalue weighted by Gasteiger charge is -2.49. The van der Waals surface area contributed by atoms with Crippen LogP contribution in [0.1, 0.15) is 45.2 Å². The Morgan fingerprint density at radius 2 is 2.00 bits per heavy atom. The van der Waals surface area contributed by atoms with Crippen LogP contribution in [0.5, 0.6) is 0 Å². The van der Waals surface area contributed by atoms with Crippen LogP contribution < -0.4 is 5.32 Å². The quantitative estimate of drug-likeness (QED) is 0.821. The van der Waals surface area contributed by atoms with Crippen molar-refractivity contribution in [3.63, 3.8) is 0 Å². The van der Waals surface area contributed by atoms with Gasteiger partial charge in [-0.3, -0.25) is 4.90 Å². The smallest absolute Gasteiger partial charge is 0.0479 e. The molecule has 0 spiro atoms. The minimum atomic E-state index is 0.253. The van der Waals surface area contributed by atoms with Gasteiger partial charge in [0.25, 0.3) is 0 Å². The zero-order valence-corrected chi connectivity index (χ0v) is 13.1. The molecule has 1 saturated heterocycles. The van der Waals surface area contributed by atoms with Gasteiger partial charge in [-0.1, -0.05) is 50.3 Å². The van der Waals surface area contributed by atoms with Crippen LogP contribution in [0.25, 0.3) is 0 Å². The molecule has 0 radical (unpaired) electrons. The molecular weight excluding hydrogens is 244 g/mol. The predicted molar refractivity (Wildman–Crippen MR) is 86.9 cm³/mol. The van der Waals surface area contributed by atoms with Gasteiger partial charge >= 0.3 is 0 Å². The Hall–Kier alpha value is -1.12. The van der Waals surface area contributed by atoms with E-state index < -0.39 is 0 Å². The zero-order chi connectivity index (χ0) is 14.6. The highest BCUT2D eigenvalue weighted by molar-refractivity contribution is 5.21. The van der Waals surface area contributed by atoms with Gasteiger partial charge in [-0.05, 0) is 25.3 Å². The Bertz CT molecular complexity index is 422. The molecule has 0 saturated carbocycles. The molecule has 2 unspecified atom stereocenters. The van der Waals surface area contributed by atoms with E-state index in [1.807, 2.05) is 0 Å². The number of piperazine rings is 1. The van der Waals surface area contributed by atoms with Gasteiger partial charge in [0.05, 0.1) is 0 Å². The van der Waals surface area contributed by atoms with Gasteiger partial charge in [0, 0.05) is 30.7 Å². The third-order valence-electron chi connectivity index (χ3n) is 4.96. The van der Waals surface area contributed by atoms with E-state index in [1.165, 1.54) is 18.4 Å². The Morgan fingerprint density at radius 3 is 2.55 bits per heavy atom. The monoisotopic (exact) mass is 272 g/mol. The van der Waals surface area contributed by atoms with Crippen molar-refractivity contribution in [2.75, 3.05) is 13.1 Å². The molecule has 0 amide bonds. The van der Waals surface area contributed by atoms with Crippen molar-refractivity contribution in [2.24, 2.45) is 0 Å². The van der Waals surface area contributed by atoms with Crippen molar-refractivity contribution >= 4 is 0 Å². The molecule has 1 aromatic carbocycles. The normalized spacial score (nSPS) is 24.2. The van der Waals surface area contributed by atoms with Crippen LogP contribution in [0.4, 0.5) is 0 Å². The Balaban J connectivity index is 2.27. The molecule has 0 aliphatic carbocycles. The molecule has 1 aliphatic heterocycles. The van der Waals surface area contributed by atoms with E-state index in [1.54, 1.807) is 0 Å². The van der Waals surface area contributed by atoms with E-state index in [0.29, 0.717) is 12.1 Å². The molecule has 0 aromatic heterocycles. The molecule has 2 atom stereocenters. The predicted octanol–water partition coefficient (Wildman–Crippen LogP) is 3.77. The Kier molecular flexibility index (Phi) is 5.00. The number of rotatable bonds is 5. The van der Waals surface area contributed by atoms with Gasteiger partial charge in [-0.2, -0.15) is 0 Å². The first-order valence-corrected chi connectivity index (χ1v) is 7.84. The van der Waals surface area contributed by atoms with Crippen LogP contribution in [-0.2, 0) is 0 Å². The van der Waals surface area contributed by atoms with Crippen molar-refractivity contribution in [2.45, 2.75) is 51.2 Å². The van der Waals surface area contributed by atoms with E-state index in [-0.39, 0.29) is 5.54 Å². The van der Waals surface area contributed by atoms with Gasteiger partial charge in [-0.25, -0.2) is 0 Å². The van der Waals surface area contributed by atoms with Crippen molar-refractivity contribution in [1.82, 2.24) is 10.2 Å². The fraction of sp³-hybridized carbons (Fsp3) is 0.556. The second-order valence-corrected chi connectivity index (χ2v) is 5.94. The van der Waals surface area contributed by atoms with Crippen LogP contribution in [0, 0.1) is 0 Å². The molecule has 0 bridgehead atoms. The maximum Gasteiger partial charge on any atom is 0.0479 e. The van der Waals surface area contributed by atoms with Crippen LogP contribution >= 0.6 is 0 Å². The Labute approximate surface area is 123 Å². The summed E-state index contributed by atoms with van der Waals surface area (Å²) in [6.07, 6.45) is 4.41. The van der Waals surface area contributed by atoms with E-state index in [2.05, 4.69) is 74.0 Å². The highest BCUT2D eigenvalue weighted by Crippen LogP contribution is 2.32. The first-order valence-electron chi connectivity index (χ1n) is 7.84. The molecule has 1 fully saturated rings. The summed E-state index contributed by atoms with van der Waals surface area (Å²) >= 11 is 0. The van der Waals surface area contributed by atoms with E-state index >= 15 is 0 Å². The van der Waals surface area contributed by atoms with Crippen LogP contribution in [0.3, 0.4) is 0 Å². The summed E-state index contributed by atoms with van der Waals surface area (Å²) in [5, 5.41) is 3.81. The summed E-state index contributed by atoms with van der Waals surface area (Å²) < 4.78 is 0. The van der Waals surface area contributed by atoms with Gasteiger partial charge < -0.3 is 5.32 Å². The van der Waals surface area contributed by atoms with Gasteiger partial charge in [0.15, 0.2) is 0 Å². The van der Waals surface area contributed by atoms with Gasteiger partial charge in [0.1, 0.15) is 0 Å². The van der Waals surface area contributed by atoms with Gasteiger partial charge in [0.2, 0.25) is 0 Å². The number of nitrogens with zero attached hydrogens (tertiary/aromatic N) is 1. The summed E-state index contributed by atoms with van der Waals surface area (Å²) in [5.41, 5.74) is 1.65. The van der Waals surface area contributed by atoms with E-state index in [0.717, 1.165) is 13.1 Å². The summed E-state index contributed by atoms with van der Waals surface area (Å²) in [4.78, 5) is 2.60. The van der Waals surface area contributed by atoms with Crippen LogP contribution in [-0.4, -0.2) is 29.6 Å². The molecule has 1 aromatic rings. The third-order valence-corrected chi connectivity index (χ3v) is 4.96. The number of hydrogen-bond acceptors (Lipinski definition) is 2. The van der Waals surface area contributed by atoms with Crippen LogP contribution in [0.2, 0.25) is 0 Å². The second-order valence-electron chi connectivity index (χ2n) is 5.94. The fourth-order valence-corrected chi connectivity index (χ4v) is 3.22. The first kappa shape index (κ1) is 15.3. The standard InChI is InChI=1S/C18H28N2/c1-5-15(4)20-14-18(6-2,7-3)19-13-17(20)16-11-9-8-10-12-16/h5,8-12,15,17,19H,1,6-7,13-14H2,2-4H3. The fourth-order valence-electron chi connectivity index (χ4n) is 3.22. The number of hydrogen-bond donors (Lipinski definition) is 1. The largest absolute Gasteiger partial charge is 0.308 e. The molecule has 2 nitrogen and oxygen atoms in total. The average molecular weight is 272 g/mol. The second kappa shape index (κ2) is 6.55. The number of benzene rings is 1. The van der Waals surface area contributed by atoms with Crippen molar-refractivity contribution in [3.8, 4) is 0 Å². The van der Waals surface area contributed by atoms with E-state index in [9.17, 15) is 0 Å². The highest BCUT2D eigenvalue weighted by atomic mass is 15.3. The molecule has 1 N–H and O–H groups in total. The molecule has 1 heterocycles. The van der Waals surface area contributed by atoms with Crippen molar-refractivity contribution in [3.05, 3.63) is 48.6 Å². The van der Waals surface area contributed by atoms with Crippen LogP contribution in [0.15, 0.2) is 43.0 Å². The first-order chi connectivity index (χ1) is 9.65. The summed E-state index contributed by atoms with van der Waals surface area (Å²) in [7, 11) is 0. The third kappa shape index (κ3) is 2.97. The maximum atomic E-state index is 4.00. The Morgan fingerprint density at radius 1 is 1.35 bits per heavy atom. The maximum absolute atomic E-state index is 4.00. The summed E-state index contributed by atoms with van der Waals surface area (Å²) in [6, 6.07) is 11.7. The molecule has 2 heteroatoms. The minimum absolute atomic E-state index is 0.253. The molecule has 20 heavy (non-hydrogen) atoms. The minimum Gasteiger partial charge on any atom is -0.308 e. The van der Waals surface area contributed by atoms with Crippen molar-refractivity contribution < 1.29 is 0 Å². The summed E-state index contributed by atoms with van der Waals surface area (Å²) in [6.45, 7) is 12.9. The number of nitrogens with one attached hydrogen (secondary N) is 1. The molecular formula is C18H28N2. The highest BCUT2D eigenvalue weighted by Gasteiger charge is 2.38. The van der Waals surface area contributed by atoms with E-state index in [4.69, 9.17) is 0 Å². The lowest BCUT2D eigenvalue weighted by atomic mass is 9.86. The topological polar surface area (TPSA) is 15.3 Å².